The molecule has 1 aliphatic rings. The second-order valence-electron chi connectivity index (χ2n) is 3.58. The zero-order chi connectivity index (χ0) is 10.0. The predicted octanol–water partition coefficient (Wildman–Crippen LogP) is 1.33. The van der Waals surface area contributed by atoms with Crippen molar-refractivity contribution in [2.75, 3.05) is 0 Å². The third-order valence-corrected chi connectivity index (χ3v) is 2.16. The minimum atomic E-state index is -0.607. The topological polar surface area (TPSA) is 43.4 Å². The summed E-state index contributed by atoms with van der Waals surface area (Å²) in [7, 11) is 0. The van der Waals surface area contributed by atoms with Crippen molar-refractivity contribution in [2.24, 2.45) is 11.8 Å². The quantitative estimate of drug-likeness (QED) is 0.375. The molecule has 0 saturated carbocycles. The molecule has 0 N–H and O–H groups in total. The van der Waals surface area contributed by atoms with Gasteiger partial charge in [0, 0.05) is 0 Å². The summed E-state index contributed by atoms with van der Waals surface area (Å²) in [5, 5.41) is 0. The first kappa shape index (κ1) is 9.96. The van der Waals surface area contributed by atoms with Gasteiger partial charge >= 0.3 is 5.97 Å². The van der Waals surface area contributed by atoms with E-state index in [9.17, 15) is 9.59 Å². The van der Waals surface area contributed by atoms with Gasteiger partial charge in [0.2, 0.25) is 0 Å². The molecule has 0 bridgehead atoms. The Hall–Kier alpha value is -1.12. The summed E-state index contributed by atoms with van der Waals surface area (Å²) in [5.41, 5.74) is 0. The molecule has 1 heterocycles. The maximum atomic E-state index is 11.6. The van der Waals surface area contributed by atoms with Crippen LogP contribution in [-0.2, 0) is 14.3 Å². The van der Waals surface area contributed by atoms with Gasteiger partial charge in [-0.15, -0.1) is 6.58 Å². The van der Waals surface area contributed by atoms with Crippen molar-refractivity contribution in [2.45, 2.75) is 26.4 Å². The third kappa shape index (κ3) is 1.79. The molecule has 0 aromatic heterocycles. The van der Waals surface area contributed by atoms with Gasteiger partial charge < -0.3 is 4.74 Å². The Balaban J connectivity index is 2.75. The number of esters is 1. The lowest BCUT2D eigenvalue weighted by molar-refractivity contribution is -0.145. The van der Waals surface area contributed by atoms with E-state index in [0.29, 0.717) is 6.42 Å². The number of Topliss-reactive ketones (excluding diaryl/α,β-unsaturated/α-hetero) is 1. The fraction of sp³-hybridized carbons (Fsp3) is 0.600. The van der Waals surface area contributed by atoms with Crippen molar-refractivity contribution >= 4 is 11.8 Å². The van der Waals surface area contributed by atoms with Gasteiger partial charge in [-0.1, -0.05) is 19.9 Å². The van der Waals surface area contributed by atoms with E-state index in [1.54, 1.807) is 6.08 Å². The average molecular weight is 182 g/mol. The number of ketones is 1. The van der Waals surface area contributed by atoms with Crippen LogP contribution in [0.25, 0.3) is 0 Å². The number of hydrogen-bond donors (Lipinski definition) is 0. The van der Waals surface area contributed by atoms with Crippen LogP contribution < -0.4 is 0 Å². The summed E-state index contributed by atoms with van der Waals surface area (Å²) in [5.74, 6) is -1.04. The highest BCUT2D eigenvalue weighted by Crippen LogP contribution is 2.25. The molecule has 0 aromatic carbocycles. The van der Waals surface area contributed by atoms with E-state index in [0.717, 1.165) is 0 Å². The van der Waals surface area contributed by atoms with Gasteiger partial charge in [-0.05, 0) is 12.3 Å². The van der Waals surface area contributed by atoms with Crippen molar-refractivity contribution in [3.63, 3.8) is 0 Å². The summed E-state index contributed by atoms with van der Waals surface area (Å²) in [6.45, 7) is 7.24. The molecule has 0 spiro atoms. The average Bonchev–Trinajstić information content (AvgIpc) is 2.32. The molecular weight excluding hydrogens is 168 g/mol. The standard InChI is InChI=1S/C10H14O3/c1-4-5-7-8(11)9(6(2)3)13-10(7)12/h4,6-7,9H,1,5H2,2-3H3/t7-,9-/m1/s1. The molecule has 3 heteroatoms. The lowest BCUT2D eigenvalue weighted by Gasteiger charge is -2.10. The highest BCUT2D eigenvalue weighted by atomic mass is 16.6. The molecule has 0 aliphatic carbocycles. The molecule has 3 nitrogen and oxygen atoms in total. The van der Waals surface area contributed by atoms with Crippen LogP contribution in [0.4, 0.5) is 0 Å². The van der Waals surface area contributed by atoms with Gasteiger partial charge in [0.05, 0.1) is 0 Å². The van der Waals surface area contributed by atoms with E-state index < -0.39 is 18.0 Å². The van der Waals surface area contributed by atoms with Gasteiger partial charge in [0.25, 0.3) is 0 Å². The Kier molecular flexibility index (Phi) is 2.86. The van der Waals surface area contributed by atoms with E-state index in [4.69, 9.17) is 4.74 Å². The maximum absolute atomic E-state index is 11.6. The number of rotatable bonds is 3. The van der Waals surface area contributed by atoms with E-state index >= 15 is 0 Å². The lowest BCUT2D eigenvalue weighted by atomic mass is 9.94. The van der Waals surface area contributed by atoms with E-state index in [1.165, 1.54) is 0 Å². The van der Waals surface area contributed by atoms with E-state index in [1.807, 2.05) is 13.8 Å². The fourth-order valence-corrected chi connectivity index (χ4v) is 1.42. The second-order valence-corrected chi connectivity index (χ2v) is 3.58. The normalized spacial score (nSPS) is 27.9. The Morgan fingerprint density at radius 2 is 2.15 bits per heavy atom. The Labute approximate surface area is 77.8 Å². The molecule has 13 heavy (non-hydrogen) atoms. The van der Waals surface area contributed by atoms with Crippen molar-refractivity contribution in [1.29, 1.82) is 0 Å². The van der Waals surface area contributed by atoms with E-state index in [2.05, 4.69) is 6.58 Å². The molecule has 0 amide bonds. The van der Waals surface area contributed by atoms with Gasteiger partial charge in [0.1, 0.15) is 5.92 Å². The first-order valence-corrected chi connectivity index (χ1v) is 4.43. The van der Waals surface area contributed by atoms with E-state index in [-0.39, 0.29) is 11.7 Å². The zero-order valence-corrected chi connectivity index (χ0v) is 7.95. The molecule has 1 aliphatic heterocycles. The number of carbonyl (C=O) groups is 2. The second kappa shape index (κ2) is 3.73. The largest absolute Gasteiger partial charge is 0.453 e. The van der Waals surface area contributed by atoms with Crippen molar-refractivity contribution < 1.29 is 14.3 Å². The lowest BCUT2D eigenvalue weighted by Crippen LogP contribution is -2.25. The van der Waals surface area contributed by atoms with Crippen molar-refractivity contribution in [3.8, 4) is 0 Å². The fourth-order valence-electron chi connectivity index (χ4n) is 1.42. The minimum Gasteiger partial charge on any atom is -0.453 e. The molecular formula is C10H14O3. The van der Waals surface area contributed by atoms with Crippen LogP contribution in [0.15, 0.2) is 12.7 Å². The summed E-state index contributed by atoms with van der Waals surface area (Å²) < 4.78 is 4.96. The molecule has 1 saturated heterocycles. The first-order valence-electron chi connectivity index (χ1n) is 4.43. The van der Waals surface area contributed by atoms with Gasteiger partial charge in [-0.2, -0.15) is 0 Å². The predicted molar refractivity (Wildman–Crippen MR) is 48.0 cm³/mol. The summed E-state index contributed by atoms with van der Waals surface area (Å²) >= 11 is 0. The highest BCUT2D eigenvalue weighted by molar-refractivity contribution is 6.06. The van der Waals surface area contributed by atoms with Gasteiger partial charge in [0.15, 0.2) is 11.9 Å². The number of carbonyl (C=O) groups excluding carboxylic acids is 2. The molecule has 0 radical (unpaired) electrons. The molecule has 1 fully saturated rings. The molecule has 1 rings (SSSR count). The maximum Gasteiger partial charge on any atom is 0.317 e. The summed E-state index contributed by atoms with van der Waals surface area (Å²) in [6, 6.07) is 0. The van der Waals surface area contributed by atoms with Crippen LogP contribution in [0.3, 0.4) is 0 Å². The minimum absolute atomic E-state index is 0.0614. The first-order chi connectivity index (χ1) is 6.07. The monoisotopic (exact) mass is 182 g/mol. The number of ether oxygens (including phenoxy) is 1. The summed E-state index contributed by atoms with van der Waals surface area (Å²) in [4.78, 5) is 22.8. The zero-order valence-electron chi connectivity index (χ0n) is 7.95. The summed E-state index contributed by atoms with van der Waals surface area (Å²) in [6.07, 6.45) is 1.42. The molecule has 0 aromatic rings. The third-order valence-electron chi connectivity index (χ3n) is 2.16. The van der Waals surface area contributed by atoms with Crippen LogP contribution >= 0.6 is 0 Å². The Morgan fingerprint density at radius 3 is 2.54 bits per heavy atom. The highest BCUT2D eigenvalue weighted by Gasteiger charge is 2.43. The number of hydrogen-bond acceptors (Lipinski definition) is 3. The Morgan fingerprint density at radius 1 is 1.54 bits per heavy atom. The van der Waals surface area contributed by atoms with Gasteiger partial charge in [-0.25, -0.2) is 0 Å². The van der Waals surface area contributed by atoms with Crippen molar-refractivity contribution in [1.82, 2.24) is 0 Å². The van der Waals surface area contributed by atoms with Crippen LogP contribution in [0.1, 0.15) is 20.3 Å². The Bertz CT molecular complexity index is 243. The number of allylic oxidation sites excluding steroid dienone is 1. The van der Waals surface area contributed by atoms with Crippen LogP contribution in [0, 0.1) is 11.8 Å². The van der Waals surface area contributed by atoms with Crippen molar-refractivity contribution in [3.05, 3.63) is 12.7 Å². The smallest absolute Gasteiger partial charge is 0.317 e. The van der Waals surface area contributed by atoms with Crippen LogP contribution in [0.5, 0.6) is 0 Å². The molecule has 0 unspecified atom stereocenters. The molecule has 2 atom stereocenters. The van der Waals surface area contributed by atoms with Crippen LogP contribution in [-0.4, -0.2) is 17.9 Å². The molecule has 72 valence electrons. The SMILES string of the molecule is C=CC[C@H]1C(=O)O[C@H](C(C)C)C1=O. The van der Waals surface area contributed by atoms with Gasteiger partial charge in [-0.3, -0.25) is 9.59 Å². The number of cyclic esters (lactones) is 1. The van der Waals surface area contributed by atoms with Crippen LogP contribution in [0.2, 0.25) is 0 Å².